The molecule has 2 aromatic carbocycles. The van der Waals surface area contributed by atoms with Crippen LogP contribution in [0.2, 0.25) is 0 Å². The molecule has 38 heavy (non-hydrogen) atoms. The topological polar surface area (TPSA) is 101 Å². The number of primary amides is 1. The molecule has 2 aromatic rings. The van der Waals surface area contributed by atoms with Gasteiger partial charge in [-0.3, -0.25) is 14.5 Å². The Labute approximate surface area is 220 Å². The van der Waals surface area contributed by atoms with E-state index in [9.17, 15) is 31.2 Å². The Hall–Kier alpha value is -2.92. The number of nitrogens with zero attached hydrogens (tertiary/aromatic N) is 2. The van der Waals surface area contributed by atoms with Crippen molar-refractivity contribution in [3.05, 3.63) is 70.8 Å². The van der Waals surface area contributed by atoms with Gasteiger partial charge in [-0.25, -0.2) is 8.42 Å². The van der Waals surface area contributed by atoms with E-state index in [1.54, 1.807) is 6.07 Å². The number of amides is 2. The molecule has 206 valence electrons. The molecule has 2 saturated heterocycles. The molecular formula is C27H32F3N3O4S. The van der Waals surface area contributed by atoms with Crippen molar-refractivity contribution >= 4 is 21.7 Å². The van der Waals surface area contributed by atoms with Gasteiger partial charge in [0.2, 0.25) is 11.8 Å². The van der Waals surface area contributed by atoms with Crippen molar-refractivity contribution in [2.45, 2.75) is 56.4 Å². The summed E-state index contributed by atoms with van der Waals surface area (Å²) in [4.78, 5) is 28.3. The van der Waals surface area contributed by atoms with Gasteiger partial charge < -0.3 is 10.6 Å². The molecule has 2 bridgehead atoms. The molecule has 0 aromatic heterocycles. The van der Waals surface area contributed by atoms with E-state index < -0.39 is 39.1 Å². The van der Waals surface area contributed by atoms with Crippen molar-refractivity contribution in [3.63, 3.8) is 0 Å². The Morgan fingerprint density at radius 3 is 2.24 bits per heavy atom. The summed E-state index contributed by atoms with van der Waals surface area (Å²) in [6.07, 6.45) is 0.333. The lowest BCUT2D eigenvalue weighted by atomic mass is 9.84. The van der Waals surface area contributed by atoms with E-state index in [1.165, 1.54) is 17.0 Å². The Kier molecular flexibility index (Phi) is 8.17. The normalized spacial score (nSPS) is 21.8. The van der Waals surface area contributed by atoms with E-state index in [4.69, 9.17) is 5.73 Å². The van der Waals surface area contributed by atoms with Crippen LogP contribution in [-0.2, 0) is 27.4 Å². The minimum Gasteiger partial charge on any atom is -0.366 e. The maximum atomic E-state index is 12.9. The molecule has 11 heteroatoms. The first-order chi connectivity index (χ1) is 17.8. The summed E-state index contributed by atoms with van der Waals surface area (Å²) >= 11 is 0. The minimum atomic E-state index is -4.46. The van der Waals surface area contributed by atoms with Crippen molar-refractivity contribution in [1.29, 1.82) is 0 Å². The van der Waals surface area contributed by atoms with E-state index in [0.717, 1.165) is 49.6 Å². The second-order valence-electron chi connectivity index (χ2n) is 10.4. The number of hydrogen-bond donors (Lipinski definition) is 1. The summed E-state index contributed by atoms with van der Waals surface area (Å²) in [5.74, 6) is -1.39. The average Bonchev–Trinajstić information content (AvgIpc) is 3.06. The third kappa shape index (κ3) is 6.93. The van der Waals surface area contributed by atoms with Gasteiger partial charge in [0.25, 0.3) is 0 Å². The lowest BCUT2D eigenvalue weighted by Crippen LogP contribution is -2.47. The first kappa shape index (κ1) is 28.1. The second-order valence-corrected chi connectivity index (χ2v) is 12.5. The van der Waals surface area contributed by atoms with Crippen molar-refractivity contribution < 1.29 is 31.2 Å². The number of carbonyl (C=O) groups excluding carboxylic acids is 2. The van der Waals surface area contributed by atoms with Crippen LogP contribution in [-0.4, -0.2) is 67.2 Å². The van der Waals surface area contributed by atoms with Gasteiger partial charge >= 0.3 is 6.18 Å². The Bertz CT molecular complexity index is 1270. The molecule has 2 amide bonds. The van der Waals surface area contributed by atoms with Crippen LogP contribution >= 0.6 is 0 Å². The second kappa shape index (κ2) is 11.1. The number of carbonyl (C=O) groups is 2. The van der Waals surface area contributed by atoms with Gasteiger partial charge in [-0.15, -0.1) is 0 Å². The van der Waals surface area contributed by atoms with Gasteiger partial charge in [-0.05, 0) is 67.0 Å². The molecule has 2 aliphatic heterocycles. The number of nitrogens with two attached hydrogens (primary N) is 1. The molecule has 0 radical (unpaired) electrons. The monoisotopic (exact) mass is 551 g/mol. The number of benzene rings is 2. The number of alkyl halides is 3. The minimum absolute atomic E-state index is 0.0260. The fraction of sp³-hybridized carbons (Fsp3) is 0.481. The first-order valence-electron chi connectivity index (χ1n) is 12.6. The number of piperidine rings is 1. The van der Waals surface area contributed by atoms with Gasteiger partial charge in [0.05, 0.1) is 5.56 Å². The number of hydrogen-bond acceptors (Lipinski definition) is 5. The van der Waals surface area contributed by atoms with Crippen molar-refractivity contribution in [3.8, 4) is 0 Å². The van der Waals surface area contributed by atoms with E-state index >= 15 is 0 Å². The lowest BCUT2D eigenvalue weighted by Gasteiger charge is -2.40. The molecule has 4 rings (SSSR count). The number of sulfone groups is 1. The van der Waals surface area contributed by atoms with Gasteiger partial charge in [0.1, 0.15) is 5.75 Å². The van der Waals surface area contributed by atoms with Crippen LogP contribution in [0.3, 0.4) is 0 Å². The molecule has 2 fully saturated rings. The zero-order valence-electron chi connectivity index (χ0n) is 21.2. The summed E-state index contributed by atoms with van der Waals surface area (Å²) in [5, 5.41) is 0. The maximum absolute atomic E-state index is 12.9. The van der Waals surface area contributed by atoms with Gasteiger partial charge in [0.15, 0.2) is 9.84 Å². The third-order valence-corrected chi connectivity index (χ3v) is 8.32. The fourth-order valence-corrected chi connectivity index (χ4v) is 6.35. The van der Waals surface area contributed by atoms with Crippen LogP contribution in [0.25, 0.3) is 0 Å². The molecule has 2 aliphatic rings. The van der Waals surface area contributed by atoms with Crippen molar-refractivity contribution in [1.82, 2.24) is 9.80 Å². The summed E-state index contributed by atoms with van der Waals surface area (Å²) < 4.78 is 62.4. The fourth-order valence-electron chi connectivity index (χ4n) is 5.72. The Balaban J connectivity index is 1.44. The highest BCUT2D eigenvalue weighted by Gasteiger charge is 2.41. The highest BCUT2D eigenvalue weighted by molar-refractivity contribution is 7.91. The van der Waals surface area contributed by atoms with Crippen LogP contribution in [0.5, 0.6) is 0 Å². The van der Waals surface area contributed by atoms with Crippen LogP contribution in [0.1, 0.15) is 58.6 Å². The molecule has 2 unspecified atom stereocenters. The van der Waals surface area contributed by atoms with Crippen molar-refractivity contribution in [2.24, 2.45) is 5.73 Å². The zero-order valence-corrected chi connectivity index (χ0v) is 22.0. The smallest absolute Gasteiger partial charge is 0.366 e. The highest BCUT2D eigenvalue weighted by atomic mass is 32.2. The lowest BCUT2D eigenvalue weighted by molar-refractivity contribution is -0.137. The molecule has 0 saturated carbocycles. The SMILES string of the molecule is CS(=O)(=O)CC(=O)N(CCN1C2CCC1CC(c1cccc(C(N)=O)c1)C2)Cc1ccc(C(F)(F)F)cc1. The van der Waals surface area contributed by atoms with E-state index in [-0.39, 0.29) is 31.1 Å². The highest BCUT2D eigenvalue weighted by Crippen LogP contribution is 2.43. The van der Waals surface area contributed by atoms with Crippen LogP contribution in [0.15, 0.2) is 48.5 Å². The molecule has 0 aliphatic carbocycles. The molecule has 2 heterocycles. The number of rotatable bonds is 9. The van der Waals surface area contributed by atoms with Crippen molar-refractivity contribution in [2.75, 3.05) is 25.1 Å². The molecular weight excluding hydrogens is 519 g/mol. The zero-order chi connectivity index (χ0) is 27.7. The average molecular weight is 552 g/mol. The maximum Gasteiger partial charge on any atom is 0.416 e. The molecule has 0 spiro atoms. The largest absolute Gasteiger partial charge is 0.416 e. The van der Waals surface area contributed by atoms with Crippen LogP contribution in [0, 0.1) is 0 Å². The summed E-state index contributed by atoms with van der Waals surface area (Å²) in [7, 11) is -3.57. The summed E-state index contributed by atoms with van der Waals surface area (Å²) in [6, 6.07) is 12.6. The van der Waals surface area contributed by atoms with E-state index in [1.807, 2.05) is 18.2 Å². The van der Waals surface area contributed by atoms with Crippen LogP contribution < -0.4 is 5.73 Å². The van der Waals surface area contributed by atoms with Gasteiger partial charge in [0, 0.05) is 43.5 Å². The Morgan fingerprint density at radius 2 is 1.68 bits per heavy atom. The molecule has 2 atom stereocenters. The number of halogens is 3. The predicted octanol–water partition coefficient (Wildman–Crippen LogP) is 3.59. The van der Waals surface area contributed by atoms with Gasteiger partial charge in [-0.1, -0.05) is 24.3 Å². The predicted molar refractivity (Wildman–Crippen MR) is 137 cm³/mol. The molecule has 7 nitrogen and oxygen atoms in total. The van der Waals surface area contributed by atoms with E-state index in [2.05, 4.69) is 4.90 Å². The summed E-state index contributed by atoms with van der Waals surface area (Å²) in [5.41, 5.74) is 6.74. The number of fused-ring (bicyclic) bond motifs is 2. The quantitative estimate of drug-likeness (QED) is 0.514. The van der Waals surface area contributed by atoms with Gasteiger partial charge in [-0.2, -0.15) is 13.2 Å². The standard InChI is InChI=1S/C27H32F3N3O4S/c1-38(36,37)17-25(34)32(16-18-5-7-22(8-6-18)27(28,29)30)11-12-33-23-9-10-24(33)15-21(14-23)19-3-2-4-20(13-19)26(31)35/h2-8,13,21,23-24H,9-12,14-17H2,1H3,(H2,31,35). The van der Waals surface area contributed by atoms with E-state index in [0.29, 0.717) is 17.7 Å². The molecule has 2 N–H and O–H groups in total. The first-order valence-corrected chi connectivity index (χ1v) is 14.6. The third-order valence-electron chi connectivity index (χ3n) is 7.55. The summed E-state index contributed by atoms with van der Waals surface area (Å²) in [6.45, 7) is 0.835. The Morgan fingerprint density at radius 1 is 1.05 bits per heavy atom. The van der Waals surface area contributed by atoms with Crippen LogP contribution in [0.4, 0.5) is 13.2 Å².